The summed E-state index contributed by atoms with van der Waals surface area (Å²) in [5.41, 5.74) is 1.69. The number of carbonyl (C=O) groups excluding carboxylic acids is 2. The third-order valence-electron chi connectivity index (χ3n) is 3.65. The second-order valence-electron chi connectivity index (χ2n) is 5.63. The molecular formula is C19H21BrN2O2. The van der Waals surface area contributed by atoms with Crippen molar-refractivity contribution in [3.05, 3.63) is 64.1 Å². The zero-order valence-corrected chi connectivity index (χ0v) is 15.5. The van der Waals surface area contributed by atoms with Crippen LogP contribution in [0.25, 0.3) is 0 Å². The molecule has 0 aromatic heterocycles. The molecule has 5 heteroatoms. The van der Waals surface area contributed by atoms with E-state index < -0.39 is 0 Å². The van der Waals surface area contributed by atoms with Crippen LogP contribution >= 0.6 is 15.9 Å². The highest BCUT2D eigenvalue weighted by Crippen LogP contribution is 2.17. The van der Waals surface area contributed by atoms with Gasteiger partial charge in [-0.05, 0) is 42.8 Å². The van der Waals surface area contributed by atoms with Gasteiger partial charge in [0, 0.05) is 34.9 Å². The Bertz CT molecular complexity index is 731. The van der Waals surface area contributed by atoms with Gasteiger partial charge in [-0.15, -0.1) is 0 Å². The smallest absolute Gasteiger partial charge is 0.255 e. The predicted molar refractivity (Wildman–Crippen MR) is 100 cm³/mol. The molecule has 0 saturated carbocycles. The lowest BCUT2D eigenvalue weighted by Crippen LogP contribution is -2.28. The molecule has 0 aliphatic carbocycles. The Morgan fingerprint density at radius 2 is 1.79 bits per heavy atom. The number of nitrogens with one attached hydrogen (secondary N) is 1. The van der Waals surface area contributed by atoms with Crippen LogP contribution in [-0.2, 0) is 0 Å². The number of nitrogens with zero attached hydrogens (tertiary/aromatic N) is 1. The Morgan fingerprint density at radius 3 is 2.50 bits per heavy atom. The molecule has 126 valence electrons. The fraction of sp³-hybridized carbons (Fsp3) is 0.263. The number of hydrogen-bond acceptors (Lipinski definition) is 2. The van der Waals surface area contributed by atoms with Crippen LogP contribution in [0.15, 0.2) is 53.0 Å². The first-order valence-corrected chi connectivity index (χ1v) is 8.73. The summed E-state index contributed by atoms with van der Waals surface area (Å²) in [4.78, 5) is 26.5. The van der Waals surface area contributed by atoms with Gasteiger partial charge in [0.05, 0.1) is 0 Å². The maximum Gasteiger partial charge on any atom is 0.255 e. The van der Waals surface area contributed by atoms with E-state index in [-0.39, 0.29) is 11.8 Å². The summed E-state index contributed by atoms with van der Waals surface area (Å²) >= 11 is 3.37. The predicted octanol–water partition coefficient (Wildman–Crippen LogP) is 4.57. The molecule has 0 aliphatic heterocycles. The highest BCUT2D eigenvalue weighted by molar-refractivity contribution is 9.10. The SMILES string of the molecule is CCCCN(C)C(=O)c1cccc(C(=O)Nc2cccc(Br)c2)c1. The van der Waals surface area contributed by atoms with Gasteiger partial charge in [0.1, 0.15) is 0 Å². The van der Waals surface area contributed by atoms with Gasteiger partial charge < -0.3 is 10.2 Å². The summed E-state index contributed by atoms with van der Waals surface area (Å²) in [5.74, 6) is -0.306. The molecule has 24 heavy (non-hydrogen) atoms. The minimum absolute atomic E-state index is 0.0689. The average molecular weight is 389 g/mol. The summed E-state index contributed by atoms with van der Waals surface area (Å²) in [5, 5.41) is 2.83. The third kappa shape index (κ3) is 4.93. The van der Waals surface area contributed by atoms with Crippen molar-refractivity contribution in [1.29, 1.82) is 0 Å². The lowest BCUT2D eigenvalue weighted by atomic mass is 10.1. The lowest BCUT2D eigenvalue weighted by Gasteiger charge is -2.17. The van der Waals surface area contributed by atoms with E-state index in [1.165, 1.54) is 0 Å². The van der Waals surface area contributed by atoms with Gasteiger partial charge in [-0.2, -0.15) is 0 Å². The zero-order chi connectivity index (χ0) is 17.5. The Morgan fingerprint density at radius 1 is 1.08 bits per heavy atom. The van der Waals surface area contributed by atoms with E-state index in [0.29, 0.717) is 23.4 Å². The first kappa shape index (κ1) is 18.2. The molecule has 2 aromatic rings. The van der Waals surface area contributed by atoms with Crippen molar-refractivity contribution < 1.29 is 9.59 Å². The highest BCUT2D eigenvalue weighted by Gasteiger charge is 2.14. The molecule has 0 bridgehead atoms. The molecule has 0 atom stereocenters. The summed E-state index contributed by atoms with van der Waals surface area (Å²) in [6, 6.07) is 14.2. The van der Waals surface area contributed by atoms with Crippen LogP contribution in [0, 0.1) is 0 Å². The van der Waals surface area contributed by atoms with Crippen molar-refractivity contribution in [3.8, 4) is 0 Å². The zero-order valence-electron chi connectivity index (χ0n) is 13.9. The van der Waals surface area contributed by atoms with Gasteiger partial charge in [0.15, 0.2) is 0 Å². The largest absolute Gasteiger partial charge is 0.342 e. The van der Waals surface area contributed by atoms with E-state index in [2.05, 4.69) is 28.2 Å². The maximum atomic E-state index is 12.4. The number of unbranched alkanes of at least 4 members (excludes halogenated alkanes) is 1. The minimum atomic E-state index is -0.237. The number of halogens is 1. The van der Waals surface area contributed by atoms with Gasteiger partial charge in [-0.1, -0.05) is 41.4 Å². The lowest BCUT2D eigenvalue weighted by molar-refractivity contribution is 0.0793. The summed E-state index contributed by atoms with van der Waals surface area (Å²) in [6.45, 7) is 2.80. The molecule has 0 radical (unpaired) electrons. The van der Waals surface area contributed by atoms with Crippen molar-refractivity contribution in [2.75, 3.05) is 18.9 Å². The summed E-state index contributed by atoms with van der Waals surface area (Å²) < 4.78 is 0.891. The van der Waals surface area contributed by atoms with E-state index >= 15 is 0 Å². The van der Waals surface area contributed by atoms with Crippen molar-refractivity contribution in [3.63, 3.8) is 0 Å². The normalized spacial score (nSPS) is 10.3. The Labute approximate surface area is 151 Å². The molecule has 0 saturated heterocycles. The standard InChI is InChI=1S/C19H21BrN2O2/c1-3-4-11-22(2)19(24)15-8-5-7-14(12-15)18(23)21-17-10-6-9-16(20)13-17/h5-10,12-13H,3-4,11H2,1-2H3,(H,21,23). The molecule has 0 heterocycles. The molecule has 1 N–H and O–H groups in total. The van der Waals surface area contributed by atoms with Gasteiger partial charge in [0.2, 0.25) is 0 Å². The second kappa shape index (κ2) is 8.64. The number of anilines is 1. The van der Waals surface area contributed by atoms with Gasteiger partial charge in [-0.25, -0.2) is 0 Å². The Kier molecular flexibility index (Phi) is 6.55. The average Bonchev–Trinajstić information content (AvgIpc) is 2.59. The van der Waals surface area contributed by atoms with Gasteiger partial charge >= 0.3 is 0 Å². The maximum absolute atomic E-state index is 12.4. The van der Waals surface area contributed by atoms with Crippen molar-refractivity contribution in [2.24, 2.45) is 0 Å². The summed E-state index contributed by atoms with van der Waals surface area (Å²) in [6.07, 6.45) is 2.00. The molecule has 0 unspecified atom stereocenters. The number of amides is 2. The van der Waals surface area contributed by atoms with Crippen LogP contribution in [0.2, 0.25) is 0 Å². The van der Waals surface area contributed by atoms with Crippen LogP contribution in [0.3, 0.4) is 0 Å². The Balaban J connectivity index is 2.11. The molecule has 2 rings (SSSR count). The summed E-state index contributed by atoms with van der Waals surface area (Å²) in [7, 11) is 1.78. The monoisotopic (exact) mass is 388 g/mol. The van der Waals surface area contributed by atoms with E-state index in [4.69, 9.17) is 0 Å². The quantitative estimate of drug-likeness (QED) is 0.787. The van der Waals surface area contributed by atoms with Crippen molar-refractivity contribution >= 4 is 33.4 Å². The number of carbonyl (C=O) groups is 2. The van der Waals surface area contributed by atoms with Gasteiger partial charge in [0.25, 0.3) is 11.8 Å². The minimum Gasteiger partial charge on any atom is -0.342 e. The van der Waals surface area contributed by atoms with Gasteiger partial charge in [-0.3, -0.25) is 9.59 Å². The Hall–Kier alpha value is -2.14. The molecule has 2 amide bonds. The van der Waals surface area contributed by atoms with Crippen LogP contribution < -0.4 is 5.32 Å². The second-order valence-corrected chi connectivity index (χ2v) is 6.54. The molecular weight excluding hydrogens is 368 g/mol. The molecule has 0 aliphatic rings. The molecule has 4 nitrogen and oxygen atoms in total. The third-order valence-corrected chi connectivity index (χ3v) is 4.14. The van der Waals surface area contributed by atoms with Crippen LogP contribution in [0.1, 0.15) is 40.5 Å². The van der Waals surface area contributed by atoms with Crippen LogP contribution in [-0.4, -0.2) is 30.3 Å². The molecule has 0 fully saturated rings. The first-order valence-electron chi connectivity index (χ1n) is 7.93. The number of hydrogen-bond donors (Lipinski definition) is 1. The molecule has 0 spiro atoms. The van der Waals surface area contributed by atoms with Crippen molar-refractivity contribution in [1.82, 2.24) is 4.90 Å². The fourth-order valence-corrected chi connectivity index (χ4v) is 2.68. The number of rotatable bonds is 6. The topological polar surface area (TPSA) is 49.4 Å². The first-order chi connectivity index (χ1) is 11.5. The van der Waals surface area contributed by atoms with E-state index in [9.17, 15) is 9.59 Å². The molecule has 2 aromatic carbocycles. The van der Waals surface area contributed by atoms with E-state index in [1.54, 1.807) is 36.2 Å². The van der Waals surface area contributed by atoms with E-state index in [1.807, 2.05) is 24.3 Å². The number of benzene rings is 2. The van der Waals surface area contributed by atoms with E-state index in [0.717, 1.165) is 17.3 Å². The fourth-order valence-electron chi connectivity index (χ4n) is 2.28. The van der Waals surface area contributed by atoms with Crippen molar-refractivity contribution in [2.45, 2.75) is 19.8 Å². The van der Waals surface area contributed by atoms with Crippen LogP contribution in [0.5, 0.6) is 0 Å². The highest BCUT2D eigenvalue weighted by atomic mass is 79.9. The van der Waals surface area contributed by atoms with Crippen LogP contribution in [0.4, 0.5) is 5.69 Å².